The molecule has 1 aromatic rings. The van der Waals surface area contributed by atoms with Crippen molar-refractivity contribution in [3.63, 3.8) is 0 Å². The Balaban J connectivity index is 1.82. The highest BCUT2D eigenvalue weighted by Gasteiger charge is 2.31. The predicted octanol–water partition coefficient (Wildman–Crippen LogP) is 2.66. The zero-order valence-electron chi connectivity index (χ0n) is 10.6. The predicted molar refractivity (Wildman–Crippen MR) is 86.0 cm³/mol. The Morgan fingerprint density at radius 3 is 2.95 bits per heavy atom. The molecule has 1 aliphatic heterocycles. The Morgan fingerprint density at radius 1 is 1.50 bits per heavy atom. The number of rotatable bonds is 5. The molecule has 8 heteroatoms. The molecule has 1 aromatic heterocycles. The zero-order chi connectivity index (χ0) is 14.5. The van der Waals surface area contributed by atoms with Crippen LogP contribution in [0.15, 0.2) is 12.1 Å². The summed E-state index contributed by atoms with van der Waals surface area (Å²) in [7, 11) is 0. The minimum absolute atomic E-state index is 0.0923. The van der Waals surface area contributed by atoms with E-state index in [1.165, 1.54) is 28.0 Å². The molecule has 4 nitrogen and oxygen atoms in total. The molecule has 2 heterocycles. The second-order valence-electron chi connectivity index (χ2n) is 4.21. The van der Waals surface area contributed by atoms with Gasteiger partial charge in [0.25, 0.3) is 0 Å². The molecule has 2 rings (SSSR count). The van der Waals surface area contributed by atoms with E-state index in [1.54, 1.807) is 11.8 Å². The van der Waals surface area contributed by atoms with Crippen molar-refractivity contribution in [3.05, 3.63) is 21.3 Å². The Kier molecular flexibility index (Phi) is 6.07. The Bertz CT molecular complexity index is 494. The van der Waals surface area contributed by atoms with Crippen LogP contribution in [0.4, 0.5) is 0 Å². The lowest BCUT2D eigenvalue weighted by Gasteiger charge is -2.32. The molecule has 0 radical (unpaired) electrons. The highest BCUT2D eigenvalue weighted by molar-refractivity contribution is 7.99. The van der Waals surface area contributed by atoms with E-state index >= 15 is 0 Å². The van der Waals surface area contributed by atoms with Gasteiger partial charge in [0.05, 0.1) is 10.1 Å². The normalized spacial score (nSPS) is 19.1. The van der Waals surface area contributed by atoms with Crippen LogP contribution in [0.1, 0.15) is 4.88 Å². The molecule has 1 atom stereocenters. The smallest absolute Gasteiger partial charge is 0.327 e. The van der Waals surface area contributed by atoms with E-state index in [4.69, 9.17) is 16.7 Å². The van der Waals surface area contributed by atoms with Crippen molar-refractivity contribution in [3.8, 4) is 0 Å². The first-order valence-corrected chi connectivity index (χ1v) is 9.50. The molecule has 1 fully saturated rings. The summed E-state index contributed by atoms with van der Waals surface area (Å²) in [4.78, 5) is 25.9. The molecule has 1 aliphatic rings. The van der Waals surface area contributed by atoms with Crippen LogP contribution < -0.4 is 0 Å². The van der Waals surface area contributed by atoms with Gasteiger partial charge in [-0.25, -0.2) is 4.79 Å². The number of amides is 1. The second kappa shape index (κ2) is 7.59. The number of nitrogens with zero attached hydrogens (tertiary/aromatic N) is 1. The summed E-state index contributed by atoms with van der Waals surface area (Å²) in [6, 6.07) is 3.10. The standard InChI is InChI=1S/C12H14ClNO3S3/c13-10-2-1-8(20-10)5-19-7-11(15)14-3-4-18-6-9(14)12(16)17/h1-2,9H,3-7H2,(H,16,17). The summed E-state index contributed by atoms with van der Waals surface area (Å²) in [5, 5.41) is 9.14. The maximum absolute atomic E-state index is 12.1. The Hall–Kier alpha value is -0.370. The van der Waals surface area contributed by atoms with Gasteiger partial charge in [-0.2, -0.15) is 11.8 Å². The summed E-state index contributed by atoms with van der Waals surface area (Å²) >= 11 is 10.4. The van der Waals surface area contributed by atoms with Gasteiger partial charge < -0.3 is 10.0 Å². The van der Waals surface area contributed by atoms with Gasteiger partial charge in [-0.1, -0.05) is 11.6 Å². The number of carboxylic acids is 1. The van der Waals surface area contributed by atoms with Crippen molar-refractivity contribution in [2.24, 2.45) is 0 Å². The lowest BCUT2D eigenvalue weighted by Crippen LogP contribution is -2.50. The number of hydrogen-bond acceptors (Lipinski definition) is 5. The summed E-state index contributed by atoms with van der Waals surface area (Å²) in [6.45, 7) is 0.520. The third-order valence-electron chi connectivity index (χ3n) is 2.83. The van der Waals surface area contributed by atoms with Crippen LogP contribution in [0.5, 0.6) is 0 Å². The van der Waals surface area contributed by atoms with Crippen molar-refractivity contribution in [2.75, 3.05) is 23.8 Å². The van der Waals surface area contributed by atoms with Crippen molar-refractivity contribution in [1.82, 2.24) is 4.90 Å². The lowest BCUT2D eigenvalue weighted by atomic mass is 10.2. The van der Waals surface area contributed by atoms with Crippen molar-refractivity contribution >= 4 is 58.3 Å². The van der Waals surface area contributed by atoms with Gasteiger partial charge in [-0.15, -0.1) is 23.1 Å². The lowest BCUT2D eigenvalue weighted by molar-refractivity contribution is -0.148. The van der Waals surface area contributed by atoms with E-state index in [9.17, 15) is 9.59 Å². The number of hydrogen-bond donors (Lipinski definition) is 1. The minimum atomic E-state index is -0.916. The first kappa shape index (κ1) is 16.0. The number of carboxylic acid groups (broad SMARTS) is 1. The van der Waals surface area contributed by atoms with Gasteiger partial charge in [0, 0.05) is 28.7 Å². The fourth-order valence-corrected chi connectivity index (χ4v) is 5.00. The fraction of sp³-hybridized carbons (Fsp3) is 0.500. The molecule has 0 bridgehead atoms. The van der Waals surface area contributed by atoms with Crippen molar-refractivity contribution in [2.45, 2.75) is 11.8 Å². The molecule has 0 aromatic carbocycles. The van der Waals surface area contributed by atoms with Gasteiger partial charge in [0.2, 0.25) is 5.91 Å². The van der Waals surface area contributed by atoms with Gasteiger partial charge in [-0.3, -0.25) is 4.79 Å². The summed E-state index contributed by atoms with van der Waals surface area (Å²) < 4.78 is 0.742. The molecule has 0 saturated carbocycles. The maximum atomic E-state index is 12.1. The van der Waals surface area contributed by atoms with Crippen LogP contribution in [-0.2, 0) is 15.3 Å². The maximum Gasteiger partial charge on any atom is 0.327 e. The monoisotopic (exact) mass is 351 g/mol. The molecule has 110 valence electrons. The molecule has 1 saturated heterocycles. The zero-order valence-corrected chi connectivity index (χ0v) is 13.8. The second-order valence-corrected chi connectivity index (χ2v) is 8.15. The van der Waals surface area contributed by atoms with Crippen molar-refractivity contribution < 1.29 is 14.7 Å². The van der Waals surface area contributed by atoms with E-state index < -0.39 is 12.0 Å². The van der Waals surface area contributed by atoms with Gasteiger partial charge in [0.1, 0.15) is 6.04 Å². The Morgan fingerprint density at radius 2 is 2.30 bits per heavy atom. The minimum Gasteiger partial charge on any atom is -0.480 e. The van der Waals surface area contributed by atoms with Gasteiger partial charge in [0.15, 0.2) is 0 Å². The number of carbonyl (C=O) groups excluding carboxylic acids is 1. The molecule has 0 aliphatic carbocycles. The van der Waals surface area contributed by atoms with E-state index in [1.807, 2.05) is 12.1 Å². The summed E-state index contributed by atoms with van der Waals surface area (Å²) in [5.74, 6) is 1.31. The molecule has 20 heavy (non-hydrogen) atoms. The van der Waals surface area contributed by atoms with Gasteiger partial charge in [-0.05, 0) is 12.1 Å². The molecular weight excluding hydrogens is 338 g/mol. The largest absolute Gasteiger partial charge is 0.480 e. The van der Waals surface area contributed by atoms with Crippen LogP contribution in [0.25, 0.3) is 0 Å². The highest BCUT2D eigenvalue weighted by atomic mass is 35.5. The van der Waals surface area contributed by atoms with Crippen molar-refractivity contribution in [1.29, 1.82) is 0 Å². The third kappa shape index (κ3) is 4.31. The van der Waals surface area contributed by atoms with E-state index in [-0.39, 0.29) is 5.91 Å². The van der Waals surface area contributed by atoms with E-state index in [2.05, 4.69) is 0 Å². The summed E-state index contributed by atoms with van der Waals surface area (Å²) in [5.41, 5.74) is 0. The molecule has 0 spiro atoms. The third-order valence-corrected chi connectivity index (χ3v) is 6.24. The summed E-state index contributed by atoms with van der Waals surface area (Å²) in [6.07, 6.45) is 0. The average molecular weight is 352 g/mol. The van der Waals surface area contributed by atoms with Crippen LogP contribution in [0.3, 0.4) is 0 Å². The first-order valence-electron chi connectivity index (χ1n) is 6.00. The average Bonchev–Trinajstić information content (AvgIpc) is 2.84. The highest BCUT2D eigenvalue weighted by Crippen LogP contribution is 2.25. The van der Waals surface area contributed by atoms with Crippen LogP contribution >= 0.6 is 46.5 Å². The fourth-order valence-electron chi connectivity index (χ4n) is 1.86. The first-order chi connectivity index (χ1) is 9.58. The molecular formula is C12H14ClNO3S3. The quantitative estimate of drug-likeness (QED) is 0.883. The molecule has 1 amide bonds. The van der Waals surface area contributed by atoms with E-state index in [0.717, 1.165) is 20.7 Å². The number of thioether (sulfide) groups is 2. The SMILES string of the molecule is O=C(O)C1CSCCN1C(=O)CSCc1ccc(Cl)s1. The molecule has 1 unspecified atom stereocenters. The van der Waals surface area contributed by atoms with E-state index in [0.29, 0.717) is 18.1 Å². The number of thiophene rings is 1. The topological polar surface area (TPSA) is 57.6 Å². The van der Waals surface area contributed by atoms with Crippen LogP contribution in [0, 0.1) is 0 Å². The number of carbonyl (C=O) groups is 2. The van der Waals surface area contributed by atoms with Gasteiger partial charge >= 0.3 is 5.97 Å². The Labute approximate surface area is 134 Å². The number of halogens is 1. The van der Waals surface area contributed by atoms with Crippen LogP contribution in [0.2, 0.25) is 4.34 Å². The molecule has 1 N–H and O–H groups in total. The number of aliphatic carboxylic acids is 1. The van der Waals surface area contributed by atoms with Crippen LogP contribution in [-0.4, -0.2) is 51.7 Å².